The summed E-state index contributed by atoms with van der Waals surface area (Å²) in [6.07, 6.45) is 6.03. The third kappa shape index (κ3) is 3.92. The Hall–Kier alpha value is -1.55. The van der Waals surface area contributed by atoms with Crippen molar-refractivity contribution >= 4 is 23.5 Å². The first kappa shape index (κ1) is 17.3. The first-order chi connectivity index (χ1) is 11.5. The highest BCUT2D eigenvalue weighted by atomic mass is 35.5. The van der Waals surface area contributed by atoms with Gasteiger partial charge in [-0.3, -0.25) is 9.59 Å². The third-order valence-corrected chi connectivity index (χ3v) is 5.85. The summed E-state index contributed by atoms with van der Waals surface area (Å²) in [5.41, 5.74) is 1.11. The van der Waals surface area contributed by atoms with Gasteiger partial charge in [-0.15, -0.1) is 0 Å². The van der Waals surface area contributed by atoms with Gasteiger partial charge in [0.15, 0.2) is 0 Å². The minimum absolute atomic E-state index is 0.0423. The number of amides is 1. The average molecular weight is 350 g/mol. The molecule has 0 saturated heterocycles. The van der Waals surface area contributed by atoms with Crippen LogP contribution >= 0.6 is 11.6 Å². The highest BCUT2D eigenvalue weighted by molar-refractivity contribution is 6.30. The lowest BCUT2D eigenvalue weighted by Crippen LogP contribution is -2.40. The number of carboxylic acids is 1. The molecule has 1 atom stereocenters. The van der Waals surface area contributed by atoms with E-state index in [4.69, 9.17) is 16.7 Å². The summed E-state index contributed by atoms with van der Waals surface area (Å²) in [7, 11) is 0. The van der Waals surface area contributed by atoms with Crippen molar-refractivity contribution < 1.29 is 14.7 Å². The Balaban J connectivity index is 1.63. The number of nitrogens with one attached hydrogen (secondary N) is 1. The van der Waals surface area contributed by atoms with E-state index < -0.39 is 5.97 Å². The minimum atomic E-state index is -0.734. The summed E-state index contributed by atoms with van der Waals surface area (Å²) in [6, 6.07) is 7.76. The number of rotatable bonds is 5. The monoisotopic (exact) mass is 349 g/mol. The molecule has 1 unspecified atom stereocenters. The highest BCUT2D eigenvalue weighted by Crippen LogP contribution is 2.39. The number of hydrogen-bond acceptors (Lipinski definition) is 2. The standard InChI is InChI=1S/C19H24ClNO3/c20-16-10-8-13(9-11-16)17(12-2-1-3-12)21-18(22)14-4-6-15(7-5-14)19(23)24/h8-12,14-15,17H,1-7H2,(H,21,22)(H,23,24). The third-order valence-electron chi connectivity index (χ3n) is 5.60. The van der Waals surface area contributed by atoms with Crippen LogP contribution in [0.15, 0.2) is 24.3 Å². The van der Waals surface area contributed by atoms with E-state index in [1.54, 1.807) is 0 Å². The molecular formula is C19H24ClNO3. The molecule has 130 valence electrons. The smallest absolute Gasteiger partial charge is 0.306 e. The van der Waals surface area contributed by atoms with Crippen molar-refractivity contribution in [3.63, 3.8) is 0 Å². The normalized spacial score (nSPS) is 25.5. The zero-order chi connectivity index (χ0) is 17.1. The number of benzene rings is 1. The second-order valence-electron chi connectivity index (χ2n) is 7.12. The Morgan fingerprint density at radius 3 is 2.08 bits per heavy atom. The minimum Gasteiger partial charge on any atom is -0.481 e. The Bertz CT molecular complexity index is 589. The zero-order valence-electron chi connectivity index (χ0n) is 13.7. The van der Waals surface area contributed by atoms with Gasteiger partial charge in [0.2, 0.25) is 5.91 Å². The van der Waals surface area contributed by atoms with Crippen LogP contribution in [0, 0.1) is 17.8 Å². The molecule has 4 nitrogen and oxygen atoms in total. The molecule has 0 aromatic heterocycles. The molecule has 2 fully saturated rings. The van der Waals surface area contributed by atoms with Gasteiger partial charge in [0, 0.05) is 10.9 Å². The number of carbonyl (C=O) groups is 2. The van der Waals surface area contributed by atoms with E-state index in [2.05, 4.69) is 5.32 Å². The van der Waals surface area contributed by atoms with E-state index in [9.17, 15) is 9.59 Å². The maximum atomic E-state index is 12.7. The van der Waals surface area contributed by atoms with Crippen LogP contribution in [0.4, 0.5) is 0 Å². The molecule has 1 amide bonds. The van der Waals surface area contributed by atoms with Crippen LogP contribution in [-0.4, -0.2) is 17.0 Å². The number of carbonyl (C=O) groups excluding carboxylic acids is 1. The molecule has 0 radical (unpaired) electrons. The van der Waals surface area contributed by atoms with Crippen molar-refractivity contribution in [3.8, 4) is 0 Å². The number of carboxylic acid groups (broad SMARTS) is 1. The predicted molar refractivity (Wildman–Crippen MR) is 92.8 cm³/mol. The Morgan fingerprint density at radius 2 is 1.58 bits per heavy atom. The maximum Gasteiger partial charge on any atom is 0.306 e. The van der Waals surface area contributed by atoms with Gasteiger partial charge in [-0.1, -0.05) is 30.2 Å². The van der Waals surface area contributed by atoms with Crippen molar-refractivity contribution in [2.75, 3.05) is 0 Å². The molecular weight excluding hydrogens is 326 g/mol. The van der Waals surface area contributed by atoms with Gasteiger partial charge in [-0.25, -0.2) is 0 Å². The van der Waals surface area contributed by atoms with E-state index in [1.165, 1.54) is 6.42 Å². The molecule has 5 heteroatoms. The van der Waals surface area contributed by atoms with Crippen LogP contribution in [0.2, 0.25) is 5.02 Å². The number of hydrogen-bond donors (Lipinski definition) is 2. The lowest BCUT2D eigenvalue weighted by Gasteiger charge is -2.36. The predicted octanol–water partition coefficient (Wildman–Crippen LogP) is 4.19. The first-order valence-electron chi connectivity index (χ1n) is 8.83. The SMILES string of the molecule is O=C(O)C1CCC(C(=O)NC(c2ccc(Cl)cc2)C2CCC2)CC1. The molecule has 0 bridgehead atoms. The average Bonchev–Trinajstić information content (AvgIpc) is 2.53. The fourth-order valence-electron chi connectivity index (χ4n) is 3.79. The lowest BCUT2D eigenvalue weighted by molar-refractivity contribution is -0.144. The highest BCUT2D eigenvalue weighted by Gasteiger charge is 2.34. The molecule has 24 heavy (non-hydrogen) atoms. The van der Waals surface area contributed by atoms with E-state index in [-0.39, 0.29) is 23.8 Å². The summed E-state index contributed by atoms with van der Waals surface area (Å²) < 4.78 is 0. The molecule has 0 spiro atoms. The van der Waals surface area contributed by atoms with E-state index >= 15 is 0 Å². The van der Waals surface area contributed by atoms with Crippen LogP contribution < -0.4 is 5.32 Å². The van der Waals surface area contributed by atoms with Gasteiger partial charge < -0.3 is 10.4 Å². The summed E-state index contributed by atoms with van der Waals surface area (Å²) in [5.74, 6) is -0.512. The van der Waals surface area contributed by atoms with Gasteiger partial charge in [-0.2, -0.15) is 0 Å². The van der Waals surface area contributed by atoms with Crippen molar-refractivity contribution in [3.05, 3.63) is 34.9 Å². The quantitative estimate of drug-likeness (QED) is 0.837. The molecule has 0 aliphatic heterocycles. The topological polar surface area (TPSA) is 66.4 Å². The van der Waals surface area contributed by atoms with Gasteiger partial charge in [-0.05, 0) is 62.1 Å². The molecule has 0 heterocycles. The second kappa shape index (κ2) is 7.56. The molecule has 2 aliphatic carbocycles. The fourth-order valence-corrected chi connectivity index (χ4v) is 3.92. The summed E-state index contributed by atoms with van der Waals surface area (Å²) in [6.45, 7) is 0. The Morgan fingerprint density at radius 1 is 1.00 bits per heavy atom. The Labute approximate surface area is 147 Å². The summed E-state index contributed by atoms with van der Waals surface area (Å²) in [5, 5.41) is 13.0. The van der Waals surface area contributed by atoms with Crippen LogP contribution in [-0.2, 0) is 9.59 Å². The van der Waals surface area contributed by atoms with Gasteiger partial charge in [0.05, 0.1) is 12.0 Å². The van der Waals surface area contributed by atoms with Crippen molar-refractivity contribution in [2.45, 2.75) is 51.0 Å². The first-order valence-corrected chi connectivity index (χ1v) is 9.21. The largest absolute Gasteiger partial charge is 0.481 e. The fraction of sp³-hybridized carbons (Fsp3) is 0.579. The second-order valence-corrected chi connectivity index (χ2v) is 7.55. The molecule has 2 N–H and O–H groups in total. The molecule has 2 aliphatic rings. The maximum absolute atomic E-state index is 12.7. The van der Waals surface area contributed by atoms with Crippen LogP contribution in [0.25, 0.3) is 0 Å². The van der Waals surface area contributed by atoms with Gasteiger partial charge in [0.25, 0.3) is 0 Å². The van der Waals surface area contributed by atoms with Gasteiger partial charge >= 0.3 is 5.97 Å². The van der Waals surface area contributed by atoms with Crippen LogP contribution in [0.3, 0.4) is 0 Å². The van der Waals surface area contributed by atoms with Crippen molar-refractivity contribution in [1.82, 2.24) is 5.32 Å². The van der Waals surface area contributed by atoms with E-state index in [0.29, 0.717) is 36.6 Å². The Kier molecular flexibility index (Phi) is 5.44. The molecule has 1 aromatic carbocycles. The van der Waals surface area contributed by atoms with Crippen LogP contribution in [0.5, 0.6) is 0 Å². The van der Waals surface area contributed by atoms with E-state index in [0.717, 1.165) is 18.4 Å². The van der Waals surface area contributed by atoms with Gasteiger partial charge in [0.1, 0.15) is 0 Å². The van der Waals surface area contributed by atoms with Crippen molar-refractivity contribution in [2.24, 2.45) is 17.8 Å². The van der Waals surface area contributed by atoms with Crippen LogP contribution in [0.1, 0.15) is 56.6 Å². The molecule has 1 aromatic rings. The zero-order valence-corrected chi connectivity index (χ0v) is 14.5. The molecule has 3 rings (SSSR count). The summed E-state index contributed by atoms with van der Waals surface area (Å²) >= 11 is 5.98. The summed E-state index contributed by atoms with van der Waals surface area (Å²) in [4.78, 5) is 23.7. The van der Waals surface area contributed by atoms with E-state index in [1.807, 2.05) is 24.3 Å². The number of aliphatic carboxylic acids is 1. The lowest BCUT2D eigenvalue weighted by atomic mass is 9.76. The molecule has 2 saturated carbocycles. The number of halogens is 1. The van der Waals surface area contributed by atoms with Crippen molar-refractivity contribution in [1.29, 1.82) is 0 Å².